The number of nitro benzene ring substituents is 2. The molecule has 10 heteroatoms. The molecule has 0 saturated carbocycles. The van der Waals surface area contributed by atoms with Gasteiger partial charge in [0.1, 0.15) is 5.56 Å². The Bertz CT molecular complexity index is 1090. The number of hydrogen-bond donors (Lipinski definition) is 0. The lowest BCUT2D eigenvalue weighted by Gasteiger charge is -2.10. The van der Waals surface area contributed by atoms with Crippen LogP contribution in [0, 0.1) is 20.2 Å². The molecule has 1 heterocycles. The summed E-state index contributed by atoms with van der Waals surface area (Å²) in [6.45, 7) is 1.49. The SMILES string of the molecule is CC1=NN(C(=O)c2ccccc2[N+](=O)[O-])C(=O)/C1=C\c1cccc([N+](=O)[O-])c1. The minimum absolute atomic E-state index is 0.0624. The van der Waals surface area contributed by atoms with E-state index in [1.54, 1.807) is 6.07 Å². The molecule has 1 aliphatic rings. The van der Waals surface area contributed by atoms with Gasteiger partial charge in [0.25, 0.3) is 23.2 Å². The number of benzene rings is 2. The summed E-state index contributed by atoms with van der Waals surface area (Å²) in [6.07, 6.45) is 1.38. The van der Waals surface area contributed by atoms with E-state index in [2.05, 4.69) is 5.10 Å². The summed E-state index contributed by atoms with van der Waals surface area (Å²) in [5.41, 5.74) is -0.205. The summed E-state index contributed by atoms with van der Waals surface area (Å²) < 4.78 is 0. The zero-order chi connectivity index (χ0) is 20.4. The molecule has 28 heavy (non-hydrogen) atoms. The van der Waals surface area contributed by atoms with Gasteiger partial charge in [-0.3, -0.25) is 29.8 Å². The lowest BCUT2D eigenvalue weighted by Crippen LogP contribution is -2.29. The highest BCUT2D eigenvalue weighted by atomic mass is 16.6. The number of nitro groups is 2. The fraction of sp³-hybridized carbons (Fsp3) is 0.0556. The van der Waals surface area contributed by atoms with Gasteiger partial charge < -0.3 is 0 Å². The lowest BCUT2D eigenvalue weighted by atomic mass is 10.1. The third-order valence-electron chi connectivity index (χ3n) is 3.98. The van der Waals surface area contributed by atoms with E-state index in [4.69, 9.17) is 0 Å². The van der Waals surface area contributed by atoms with Crippen LogP contribution in [0.3, 0.4) is 0 Å². The number of carbonyl (C=O) groups is 2. The van der Waals surface area contributed by atoms with Crippen molar-refractivity contribution in [2.24, 2.45) is 5.10 Å². The topological polar surface area (TPSA) is 136 Å². The maximum atomic E-state index is 12.7. The normalized spacial score (nSPS) is 14.9. The molecule has 0 saturated heterocycles. The number of carbonyl (C=O) groups excluding carboxylic acids is 2. The number of hydrazone groups is 1. The van der Waals surface area contributed by atoms with Crippen LogP contribution < -0.4 is 0 Å². The molecular formula is C18H12N4O6. The molecular weight excluding hydrogens is 368 g/mol. The van der Waals surface area contributed by atoms with Crippen LogP contribution in [-0.2, 0) is 4.79 Å². The summed E-state index contributed by atoms with van der Waals surface area (Å²) >= 11 is 0. The Kier molecular flexibility index (Phi) is 4.77. The van der Waals surface area contributed by atoms with E-state index in [0.717, 1.165) is 6.07 Å². The first-order valence-electron chi connectivity index (χ1n) is 7.93. The van der Waals surface area contributed by atoms with Gasteiger partial charge in [0, 0.05) is 18.2 Å². The van der Waals surface area contributed by atoms with E-state index in [0.29, 0.717) is 10.6 Å². The first kappa shape index (κ1) is 18.6. The zero-order valence-electron chi connectivity index (χ0n) is 14.4. The molecule has 0 N–H and O–H groups in total. The van der Waals surface area contributed by atoms with Gasteiger partial charge in [-0.1, -0.05) is 24.3 Å². The summed E-state index contributed by atoms with van der Waals surface area (Å²) in [5, 5.41) is 26.5. The van der Waals surface area contributed by atoms with Crippen LogP contribution in [-0.4, -0.2) is 32.4 Å². The van der Waals surface area contributed by atoms with Gasteiger partial charge in [0.15, 0.2) is 0 Å². The number of hydrogen-bond acceptors (Lipinski definition) is 7. The van der Waals surface area contributed by atoms with Crippen molar-refractivity contribution in [3.05, 3.63) is 85.5 Å². The number of nitrogens with zero attached hydrogens (tertiary/aromatic N) is 4. The first-order chi connectivity index (χ1) is 13.3. The molecule has 2 aromatic rings. The van der Waals surface area contributed by atoms with Crippen LogP contribution in [0.25, 0.3) is 6.08 Å². The highest BCUT2D eigenvalue weighted by Crippen LogP contribution is 2.25. The molecule has 2 amide bonds. The van der Waals surface area contributed by atoms with Crippen molar-refractivity contribution in [3.63, 3.8) is 0 Å². The zero-order valence-corrected chi connectivity index (χ0v) is 14.4. The summed E-state index contributed by atoms with van der Waals surface area (Å²) in [6, 6.07) is 10.9. The molecule has 0 spiro atoms. The fourth-order valence-corrected chi connectivity index (χ4v) is 2.64. The smallest absolute Gasteiger partial charge is 0.267 e. The van der Waals surface area contributed by atoms with E-state index in [1.807, 2.05) is 0 Å². The fourth-order valence-electron chi connectivity index (χ4n) is 2.64. The Morgan fingerprint density at radius 2 is 1.79 bits per heavy atom. The molecule has 0 fully saturated rings. The van der Waals surface area contributed by atoms with Crippen molar-refractivity contribution >= 4 is 35.0 Å². The number of non-ortho nitro benzene ring substituents is 1. The van der Waals surface area contributed by atoms with Crippen LogP contribution >= 0.6 is 0 Å². The highest BCUT2D eigenvalue weighted by molar-refractivity contribution is 6.31. The molecule has 1 aliphatic heterocycles. The monoisotopic (exact) mass is 380 g/mol. The molecule has 140 valence electrons. The van der Waals surface area contributed by atoms with E-state index >= 15 is 0 Å². The minimum Gasteiger partial charge on any atom is -0.267 e. The Balaban J connectivity index is 1.95. The molecule has 2 aromatic carbocycles. The van der Waals surface area contributed by atoms with Crippen molar-refractivity contribution < 1.29 is 19.4 Å². The third kappa shape index (κ3) is 3.38. The van der Waals surface area contributed by atoms with Crippen molar-refractivity contribution in [2.45, 2.75) is 6.92 Å². The Morgan fingerprint density at radius 3 is 2.46 bits per heavy atom. The van der Waals surface area contributed by atoms with E-state index in [1.165, 1.54) is 49.4 Å². The number of imide groups is 1. The second-order valence-corrected chi connectivity index (χ2v) is 5.79. The maximum Gasteiger partial charge on any atom is 0.288 e. The summed E-state index contributed by atoms with van der Waals surface area (Å²) in [5.74, 6) is -1.70. The van der Waals surface area contributed by atoms with Crippen molar-refractivity contribution in [3.8, 4) is 0 Å². The summed E-state index contributed by atoms with van der Waals surface area (Å²) in [7, 11) is 0. The van der Waals surface area contributed by atoms with Crippen LogP contribution in [0.4, 0.5) is 11.4 Å². The number of amides is 2. The molecule has 3 rings (SSSR count). The first-order valence-corrected chi connectivity index (χ1v) is 7.93. The van der Waals surface area contributed by atoms with Crippen molar-refractivity contribution in [1.29, 1.82) is 0 Å². The van der Waals surface area contributed by atoms with Gasteiger partial charge in [-0.15, -0.1) is 0 Å². The third-order valence-corrected chi connectivity index (χ3v) is 3.98. The van der Waals surface area contributed by atoms with Gasteiger partial charge >= 0.3 is 0 Å². The predicted octanol–water partition coefficient (Wildman–Crippen LogP) is 2.94. The Hall–Kier alpha value is -4.21. The molecule has 0 bridgehead atoms. The second kappa shape index (κ2) is 7.19. The van der Waals surface area contributed by atoms with E-state index in [9.17, 15) is 29.8 Å². The summed E-state index contributed by atoms with van der Waals surface area (Å²) in [4.78, 5) is 46.0. The largest absolute Gasteiger partial charge is 0.288 e. The van der Waals surface area contributed by atoms with Gasteiger partial charge in [-0.25, -0.2) is 0 Å². The lowest BCUT2D eigenvalue weighted by molar-refractivity contribution is -0.385. The standard InChI is InChI=1S/C18H12N4O6/c1-11-15(10-12-5-4-6-13(9-12)21(25)26)18(24)20(19-11)17(23)14-7-2-3-8-16(14)22(27)28/h2-10H,1H3/b15-10-. The molecule has 0 aliphatic carbocycles. The average molecular weight is 380 g/mol. The van der Waals surface area contributed by atoms with E-state index < -0.39 is 27.3 Å². The molecule has 0 atom stereocenters. The highest BCUT2D eigenvalue weighted by Gasteiger charge is 2.35. The molecule has 0 radical (unpaired) electrons. The van der Waals surface area contributed by atoms with Crippen molar-refractivity contribution in [1.82, 2.24) is 5.01 Å². The van der Waals surface area contributed by atoms with Gasteiger partial charge in [-0.2, -0.15) is 10.1 Å². The Morgan fingerprint density at radius 1 is 1.07 bits per heavy atom. The Labute approximate surface area is 157 Å². The predicted molar refractivity (Wildman–Crippen MR) is 98.5 cm³/mol. The number of para-hydroxylation sites is 1. The van der Waals surface area contributed by atoms with Gasteiger partial charge in [0.2, 0.25) is 0 Å². The average Bonchev–Trinajstić information content (AvgIpc) is 2.95. The maximum absolute atomic E-state index is 12.7. The van der Waals surface area contributed by atoms with Crippen LogP contribution in [0.1, 0.15) is 22.8 Å². The second-order valence-electron chi connectivity index (χ2n) is 5.79. The molecule has 10 nitrogen and oxygen atoms in total. The van der Waals surface area contributed by atoms with Crippen molar-refractivity contribution in [2.75, 3.05) is 0 Å². The molecule has 0 unspecified atom stereocenters. The molecule has 0 aromatic heterocycles. The van der Waals surface area contributed by atoms with Gasteiger partial charge in [-0.05, 0) is 24.6 Å². The minimum atomic E-state index is -0.931. The van der Waals surface area contributed by atoms with Gasteiger partial charge in [0.05, 0.1) is 21.1 Å². The van der Waals surface area contributed by atoms with Crippen LogP contribution in [0.15, 0.2) is 59.2 Å². The number of rotatable bonds is 4. The quantitative estimate of drug-likeness (QED) is 0.346. The van der Waals surface area contributed by atoms with Crippen LogP contribution in [0.5, 0.6) is 0 Å². The van der Waals surface area contributed by atoms with E-state index in [-0.39, 0.29) is 22.5 Å². The van der Waals surface area contributed by atoms with Crippen LogP contribution in [0.2, 0.25) is 0 Å².